The lowest BCUT2D eigenvalue weighted by Gasteiger charge is -2.08. The molecular weight excluding hydrogens is 344 g/mol. The Morgan fingerprint density at radius 2 is 1.76 bits per heavy atom. The molecule has 25 heavy (non-hydrogen) atoms. The van der Waals surface area contributed by atoms with Gasteiger partial charge in [0.1, 0.15) is 5.65 Å². The second kappa shape index (κ2) is 5.53. The molecule has 0 saturated heterocycles. The summed E-state index contributed by atoms with van der Waals surface area (Å²) in [5, 5.41) is 6.94. The van der Waals surface area contributed by atoms with Crippen LogP contribution in [0.25, 0.3) is 28.1 Å². The minimum absolute atomic E-state index is 0.0183. The summed E-state index contributed by atoms with van der Waals surface area (Å²) in [6.45, 7) is 0. The van der Waals surface area contributed by atoms with Crippen molar-refractivity contribution in [2.75, 3.05) is 0 Å². The summed E-state index contributed by atoms with van der Waals surface area (Å²) in [6, 6.07) is 10.4. The Bertz CT molecular complexity index is 1320. The van der Waals surface area contributed by atoms with Crippen molar-refractivity contribution in [3.05, 3.63) is 72.4 Å². The van der Waals surface area contributed by atoms with Gasteiger partial charge in [0.05, 0.1) is 5.39 Å². The Morgan fingerprint density at radius 3 is 2.52 bits per heavy atom. The van der Waals surface area contributed by atoms with Gasteiger partial charge in [-0.2, -0.15) is 5.10 Å². The molecule has 124 valence electrons. The van der Waals surface area contributed by atoms with E-state index < -0.39 is 16.8 Å². The van der Waals surface area contributed by atoms with Crippen molar-refractivity contribution in [2.45, 2.75) is 0 Å². The van der Waals surface area contributed by atoms with Crippen LogP contribution in [-0.2, 0) is 0 Å². The first-order valence-corrected chi connectivity index (χ1v) is 7.58. The number of rotatable bonds is 2. The van der Waals surface area contributed by atoms with Gasteiger partial charge in [0, 0.05) is 17.3 Å². The van der Waals surface area contributed by atoms with Crippen LogP contribution in [0.3, 0.4) is 0 Å². The molecule has 0 saturated carbocycles. The van der Waals surface area contributed by atoms with Gasteiger partial charge >= 0.3 is 5.69 Å². The lowest BCUT2D eigenvalue weighted by atomic mass is 10.1. The molecule has 3 aromatic heterocycles. The van der Waals surface area contributed by atoms with E-state index in [0.29, 0.717) is 10.5 Å². The van der Waals surface area contributed by atoms with Gasteiger partial charge in [0.25, 0.3) is 5.56 Å². The number of fused-ring (bicyclic) bond motifs is 1. The minimum Gasteiger partial charge on any atom is -0.308 e. The lowest BCUT2D eigenvalue weighted by Crippen LogP contribution is -2.25. The van der Waals surface area contributed by atoms with E-state index in [0.717, 1.165) is 0 Å². The van der Waals surface area contributed by atoms with Crippen molar-refractivity contribution in [1.82, 2.24) is 29.7 Å². The zero-order valence-electron chi connectivity index (χ0n) is 12.5. The van der Waals surface area contributed by atoms with Crippen LogP contribution < -0.4 is 16.8 Å². The molecule has 0 spiro atoms. The first kappa shape index (κ1) is 15.0. The van der Waals surface area contributed by atoms with Crippen LogP contribution in [0.1, 0.15) is 0 Å². The molecule has 9 nitrogen and oxygen atoms in total. The highest BCUT2D eigenvalue weighted by Crippen LogP contribution is 2.23. The Kier molecular flexibility index (Phi) is 3.32. The highest BCUT2D eigenvalue weighted by Gasteiger charge is 2.17. The molecular formula is C15H10N6O3S. The Hall–Kier alpha value is -3.53. The molecule has 0 radical (unpaired) electrons. The Labute approximate surface area is 143 Å². The maximum Gasteiger partial charge on any atom is 0.327 e. The van der Waals surface area contributed by atoms with E-state index in [1.165, 1.54) is 6.07 Å². The number of pyridine rings is 1. The van der Waals surface area contributed by atoms with Gasteiger partial charge < -0.3 is 4.98 Å². The Morgan fingerprint density at radius 1 is 1.00 bits per heavy atom. The fourth-order valence-electron chi connectivity index (χ4n) is 2.67. The molecule has 0 unspecified atom stereocenters. The van der Waals surface area contributed by atoms with Crippen molar-refractivity contribution in [1.29, 1.82) is 0 Å². The second-order valence-corrected chi connectivity index (χ2v) is 5.62. The summed E-state index contributed by atoms with van der Waals surface area (Å²) in [4.78, 5) is 42.8. The van der Waals surface area contributed by atoms with Crippen LogP contribution in [0, 0.1) is 4.77 Å². The predicted molar refractivity (Wildman–Crippen MR) is 93.6 cm³/mol. The number of H-pyrrole nitrogens is 4. The fourth-order valence-corrected chi connectivity index (χ4v) is 2.91. The number of benzene rings is 1. The fraction of sp³-hybridized carbons (Fsp3) is 0. The van der Waals surface area contributed by atoms with E-state index in [-0.39, 0.29) is 22.4 Å². The topological polar surface area (TPSA) is 132 Å². The molecule has 0 aliphatic rings. The molecule has 10 heteroatoms. The van der Waals surface area contributed by atoms with Gasteiger partial charge in [0.2, 0.25) is 5.56 Å². The van der Waals surface area contributed by atoms with Crippen molar-refractivity contribution in [2.24, 2.45) is 0 Å². The molecule has 0 aliphatic carbocycles. The van der Waals surface area contributed by atoms with Gasteiger partial charge in [-0.25, -0.2) is 4.79 Å². The van der Waals surface area contributed by atoms with Crippen molar-refractivity contribution in [3.8, 4) is 17.1 Å². The molecule has 4 N–H and O–H groups in total. The number of aromatic nitrogens is 6. The zero-order valence-corrected chi connectivity index (χ0v) is 13.3. The van der Waals surface area contributed by atoms with Crippen molar-refractivity contribution < 1.29 is 0 Å². The monoisotopic (exact) mass is 354 g/mol. The van der Waals surface area contributed by atoms with Crippen LogP contribution in [0.4, 0.5) is 0 Å². The van der Waals surface area contributed by atoms with Gasteiger partial charge in [-0.15, -0.1) is 0 Å². The van der Waals surface area contributed by atoms with Crippen LogP contribution in [0.2, 0.25) is 0 Å². The number of para-hydroxylation sites is 1. The molecule has 3 heterocycles. The third-order valence-electron chi connectivity index (χ3n) is 3.66. The molecule has 4 aromatic rings. The SMILES string of the molecule is O=c1cc(-c2n[nH]c(=S)n2-c2ccccc2)c2c(=O)[nH]c(=O)[nH]c2[nH]1. The molecule has 0 aliphatic heterocycles. The number of aromatic amines is 4. The highest BCUT2D eigenvalue weighted by atomic mass is 32.1. The maximum atomic E-state index is 12.3. The predicted octanol–water partition coefficient (Wildman–Crippen LogP) is 0.815. The zero-order chi connectivity index (χ0) is 17.6. The molecule has 1 aromatic carbocycles. The van der Waals surface area contributed by atoms with Crippen molar-refractivity contribution >= 4 is 23.3 Å². The first-order chi connectivity index (χ1) is 12.0. The molecule has 0 fully saturated rings. The largest absolute Gasteiger partial charge is 0.327 e. The third kappa shape index (κ3) is 2.44. The van der Waals surface area contributed by atoms with Crippen molar-refractivity contribution in [3.63, 3.8) is 0 Å². The van der Waals surface area contributed by atoms with E-state index in [1.807, 2.05) is 30.3 Å². The average molecular weight is 354 g/mol. The van der Waals surface area contributed by atoms with Crippen LogP contribution >= 0.6 is 12.2 Å². The van der Waals surface area contributed by atoms with E-state index in [9.17, 15) is 14.4 Å². The summed E-state index contributed by atoms with van der Waals surface area (Å²) in [5.74, 6) is 0.282. The number of nitrogens with one attached hydrogen (secondary N) is 4. The van der Waals surface area contributed by atoms with Crippen LogP contribution in [0.5, 0.6) is 0 Å². The summed E-state index contributed by atoms with van der Waals surface area (Å²) in [7, 11) is 0. The number of hydrogen-bond donors (Lipinski definition) is 4. The standard InChI is InChI=1S/C15H10N6O3S/c22-9-6-8(10-11(16-9)17-14(24)18-13(10)23)12-19-20-15(25)21(12)7-4-2-1-3-5-7/h1-6H,(H,20,25)(H3,16,17,18,22,23,24). The van der Waals surface area contributed by atoms with Gasteiger partial charge in [0.15, 0.2) is 10.6 Å². The summed E-state index contributed by atoms with van der Waals surface area (Å²) in [5.41, 5.74) is -0.870. The molecule has 4 rings (SSSR count). The van der Waals surface area contributed by atoms with E-state index in [4.69, 9.17) is 12.2 Å². The highest BCUT2D eigenvalue weighted by molar-refractivity contribution is 7.71. The maximum absolute atomic E-state index is 12.3. The smallest absolute Gasteiger partial charge is 0.308 e. The summed E-state index contributed by atoms with van der Waals surface area (Å²) >= 11 is 5.28. The minimum atomic E-state index is -0.716. The third-order valence-corrected chi connectivity index (χ3v) is 3.94. The molecule has 0 atom stereocenters. The molecule has 0 bridgehead atoms. The summed E-state index contributed by atoms with van der Waals surface area (Å²) < 4.78 is 1.91. The van der Waals surface area contributed by atoms with Crippen LogP contribution in [0.15, 0.2) is 50.8 Å². The van der Waals surface area contributed by atoms with E-state index in [2.05, 4.69) is 25.1 Å². The van der Waals surface area contributed by atoms with Gasteiger partial charge in [-0.3, -0.25) is 29.2 Å². The Balaban J connectivity index is 2.15. The number of nitrogens with zero attached hydrogens (tertiary/aromatic N) is 2. The number of hydrogen-bond acceptors (Lipinski definition) is 5. The van der Waals surface area contributed by atoms with E-state index >= 15 is 0 Å². The van der Waals surface area contributed by atoms with Gasteiger partial charge in [-0.05, 0) is 24.4 Å². The lowest BCUT2D eigenvalue weighted by molar-refractivity contribution is 1.03. The van der Waals surface area contributed by atoms with Crippen LogP contribution in [-0.4, -0.2) is 29.7 Å². The first-order valence-electron chi connectivity index (χ1n) is 7.17. The van der Waals surface area contributed by atoms with E-state index in [1.54, 1.807) is 4.57 Å². The van der Waals surface area contributed by atoms with Gasteiger partial charge in [-0.1, -0.05) is 18.2 Å². The molecule has 0 amide bonds. The second-order valence-electron chi connectivity index (χ2n) is 5.23. The quantitative estimate of drug-likeness (QED) is 0.396. The summed E-state index contributed by atoms with van der Waals surface area (Å²) in [6.07, 6.45) is 0. The average Bonchev–Trinajstić information content (AvgIpc) is 2.95. The normalized spacial score (nSPS) is 11.0.